The Bertz CT molecular complexity index is 1590. The van der Waals surface area contributed by atoms with Crippen LogP contribution in [0, 0.1) is 12.7 Å². The quantitative estimate of drug-likeness (QED) is 0.383. The van der Waals surface area contributed by atoms with Gasteiger partial charge >= 0.3 is 5.69 Å². The summed E-state index contributed by atoms with van der Waals surface area (Å²) in [5, 5.41) is 5.34. The smallest absolute Gasteiger partial charge is 0.332 e. The van der Waals surface area contributed by atoms with Crippen molar-refractivity contribution in [3.63, 3.8) is 0 Å². The standard InChI is InChI=1S/C21H21FN4O6S2/c1-12-16-19(27)25(8-10-34(23,29)30)21(28)26(20(16)33-17(12)18-24-6-9-32-18)7-5-13-11-14(22)3-4-15(13)31-2/h3-4,6,9,11H,5,7-8,10H2,1-2H3,(H2,23,29,30). The lowest BCUT2D eigenvalue weighted by Gasteiger charge is -2.13. The van der Waals surface area contributed by atoms with Crippen LogP contribution in [0.25, 0.3) is 21.0 Å². The summed E-state index contributed by atoms with van der Waals surface area (Å²) in [6.45, 7) is 1.38. The molecular weight excluding hydrogens is 487 g/mol. The molecule has 3 aromatic heterocycles. The average molecular weight is 509 g/mol. The van der Waals surface area contributed by atoms with Crippen molar-refractivity contribution in [3.8, 4) is 16.5 Å². The fourth-order valence-corrected chi connectivity index (χ4v) is 5.42. The highest BCUT2D eigenvalue weighted by molar-refractivity contribution is 7.89. The second kappa shape index (κ2) is 9.16. The molecule has 2 N–H and O–H groups in total. The van der Waals surface area contributed by atoms with Crippen molar-refractivity contribution in [2.24, 2.45) is 5.14 Å². The summed E-state index contributed by atoms with van der Waals surface area (Å²) in [6.07, 6.45) is 3.08. The lowest BCUT2D eigenvalue weighted by atomic mass is 10.1. The molecule has 0 fully saturated rings. The van der Waals surface area contributed by atoms with Gasteiger partial charge in [-0.2, -0.15) is 0 Å². The summed E-state index contributed by atoms with van der Waals surface area (Å²) >= 11 is 1.16. The summed E-state index contributed by atoms with van der Waals surface area (Å²) in [7, 11) is -2.46. The molecule has 34 heavy (non-hydrogen) atoms. The molecule has 4 aromatic rings. The van der Waals surface area contributed by atoms with E-state index in [0.717, 1.165) is 15.9 Å². The van der Waals surface area contributed by atoms with Gasteiger partial charge in [-0.3, -0.25) is 13.9 Å². The van der Waals surface area contributed by atoms with Crippen LogP contribution in [0.2, 0.25) is 0 Å². The number of halogens is 1. The second-order valence-corrected chi connectivity index (χ2v) is 10.3. The first-order valence-corrected chi connectivity index (χ1v) is 12.6. The van der Waals surface area contributed by atoms with Crippen molar-refractivity contribution in [2.75, 3.05) is 12.9 Å². The normalized spacial score (nSPS) is 11.9. The molecule has 0 spiro atoms. The van der Waals surface area contributed by atoms with Crippen molar-refractivity contribution < 1.29 is 22.0 Å². The van der Waals surface area contributed by atoms with E-state index in [0.29, 0.717) is 32.5 Å². The van der Waals surface area contributed by atoms with Crippen LogP contribution in [0.15, 0.2) is 44.7 Å². The minimum absolute atomic E-state index is 0.0791. The summed E-state index contributed by atoms with van der Waals surface area (Å²) in [4.78, 5) is 31.6. The number of aromatic nitrogens is 3. The monoisotopic (exact) mass is 508 g/mol. The van der Waals surface area contributed by atoms with Crippen LogP contribution >= 0.6 is 11.3 Å². The second-order valence-electron chi connectivity index (χ2n) is 7.54. The molecule has 0 radical (unpaired) electrons. The Morgan fingerprint density at radius 2 is 2.00 bits per heavy atom. The Morgan fingerprint density at radius 1 is 1.24 bits per heavy atom. The minimum atomic E-state index is -3.92. The molecule has 3 heterocycles. The van der Waals surface area contributed by atoms with Gasteiger partial charge in [0.05, 0.1) is 29.3 Å². The summed E-state index contributed by atoms with van der Waals surface area (Å²) in [6, 6.07) is 4.08. The summed E-state index contributed by atoms with van der Waals surface area (Å²) in [5.41, 5.74) is -0.244. The van der Waals surface area contributed by atoms with Gasteiger partial charge in [0.1, 0.15) is 22.7 Å². The van der Waals surface area contributed by atoms with E-state index in [4.69, 9.17) is 14.3 Å². The van der Waals surface area contributed by atoms with Gasteiger partial charge < -0.3 is 9.15 Å². The van der Waals surface area contributed by atoms with Crippen molar-refractivity contribution in [1.29, 1.82) is 0 Å². The highest BCUT2D eigenvalue weighted by Gasteiger charge is 2.23. The number of rotatable bonds is 8. The Morgan fingerprint density at radius 3 is 2.65 bits per heavy atom. The number of hydrogen-bond donors (Lipinski definition) is 1. The van der Waals surface area contributed by atoms with Gasteiger partial charge in [0.2, 0.25) is 15.9 Å². The first-order valence-electron chi connectivity index (χ1n) is 10.1. The fourth-order valence-electron chi connectivity index (χ4n) is 3.72. The SMILES string of the molecule is COc1ccc(F)cc1CCn1c(=O)n(CCS(N)(=O)=O)c(=O)c2c(C)c(-c3ncco3)sc21. The molecule has 0 atom stereocenters. The number of fused-ring (bicyclic) bond motifs is 1. The first-order chi connectivity index (χ1) is 16.1. The molecule has 0 aliphatic heterocycles. The molecule has 0 unspecified atom stereocenters. The number of nitrogens with zero attached hydrogens (tertiary/aromatic N) is 3. The number of ether oxygens (including phenoxy) is 1. The number of thiophene rings is 1. The Labute approximate surface area is 197 Å². The van der Waals surface area contributed by atoms with Gasteiger partial charge in [0.15, 0.2) is 0 Å². The number of benzene rings is 1. The first kappa shape index (κ1) is 23.9. The molecule has 180 valence electrons. The molecule has 0 saturated heterocycles. The molecule has 0 bridgehead atoms. The average Bonchev–Trinajstić information content (AvgIpc) is 3.41. The topological polar surface area (TPSA) is 139 Å². The minimum Gasteiger partial charge on any atom is -0.496 e. The Hall–Kier alpha value is -3.29. The van der Waals surface area contributed by atoms with Gasteiger partial charge in [-0.15, -0.1) is 11.3 Å². The zero-order valence-electron chi connectivity index (χ0n) is 18.3. The van der Waals surface area contributed by atoms with E-state index in [1.54, 1.807) is 6.92 Å². The van der Waals surface area contributed by atoms with Crippen molar-refractivity contribution in [2.45, 2.75) is 26.4 Å². The van der Waals surface area contributed by atoms with E-state index in [-0.39, 0.29) is 18.4 Å². The summed E-state index contributed by atoms with van der Waals surface area (Å²) in [5.74, 6) is -0.290. The highest BCUT2D eigenvalue weighted by Crippen LogP contribution is 2.35. The van der Waals surface area contributed by atoms with Gasteiger partial charge in [0, 0.05) is 13.1 Å². The third kappa shape index (κ3) is 4.54. The zero-order valence-corrected chi connectivity index (χ0v) is 19.9. The third-order valence-electron chi connectivity index (χ3n) is 5.37. The number of primary sulfonamides is 1. The zero-order chi connectivity index (χ0) is 24.6. The number of oxazole rings is 1. The molecular formula is C21H21FN4O6S2. The van der Waals surface area contributed by atoms with E-state index < -0.39 is 39.4 Å². The van der Waals surface area contributed by atoms with Gasteiger partial charge in [-0.25, -0.2) is 27.7 Å². The van der Waals surface area contributed by atoms with Crippen molar-refractivity contribution >= 4 is 31.6 Å². The van der Waals surface area contributed by atoms with E-state index in [9.17, 15) is 22.4 Å². The van der Waals surface area contributed by atoms with Gasteiger partial charge in [-0.1, -0.05) is 0 Å². The largest absolute Gasteiger partial charge is 0.496 e. The predicted octanol–water partition coefficient (Wildman–Crippen LogP) is 1.87. The van der Waals surface area contributed by atoms with E-state index in [2.05, 4.69) is 4.98 Å². The maximum Gasteiger partial charge on any atom is 0.332 e. The highest BCUT2D eigenvalue weighted by atomic mass is 32.2. The molecule has 0 saturated carbocycles. The Kier molecular flexibility index (Phi) is 6.43. The van der Waals surface area contributed by atoms with E-state index in [1.165, 1.54) is 42.3 Å². The maximum atomic E-state index is 13.8. The molecule has 1 aromatic carbocycles. The maximum absolute atomic E-state index is 13.8. The molecule has 0 aliphatic rings. The third-order valence-corrected chi connectivity index (χ3v) is 7.42. The van der Waals surface area contributed by atoms with Crippen LogP contribution < -0.4 is 21.1 Å². The molecule has 13 heteroatoms. The van der Waals surface area contributed by atoms with Crippen LogP contribution in [-0.2, 0) is 29.5 Å². The Balaban J connectivity index is 1.90. The molecule has 4 rings (SSSR count). The predicted molar refractivity (Wildman–Crippen MR) is 125 cm³/mol. The number of sulfonamides is 1. The van der Waals surface area contributed by atoms with Crippen molar-refractivity contribution in [1.82, 2.24) is 14.1 Å². The fraction of sp³-hybridized carbons (Fsp3) is 0.286. The van der Waals surface area contributed by atoms with Crippen LogP contribution in [0.4, 0.5) is 4.39 Å². The van der Waals surface area contributed by atoms with Crippen molar-refractivity contribution in [3.05, 3.63) is 68.4 Å². The molecule has 10 nitrogen and oxygen atoms in total. The molecule has 0 aliphatic carbocycles. The number of hydrogen-bond acceptors (Lipinski definition) is 8. The lowest BCUT2D eigenvalue weighted by molar-refractivity contribution is 0.406. The van der Waals surface area contributed by atoms with Crippen LogP contribution in [-0.4, -0.2) is 35.4 Å². The van der Waals surface area contributed by atoms with E-state index >= 15 is 0 Å². The number of aryl methyl sites for hydroxylation is 3. The van der Waals surface area contributed by atoms with Crippen LogP contribution in [0.1, 0.15) is 11.1 Å². The van der Waals surface area contributed by atoms with Gasteiger partial charge in [-0.05, 0) is 42.7 Å². The number of nitrogens with two attached hydrogens (primary N) is 1. The van der Waals surface area contributed by atoms with Crippen LogP contribution in [0.5, 0.6) is 5.75 Å². The van der Waals surface area contributed by atoms with E-state index in [1.807, 2.05) is 0 Å². The molecule has 0 amide bonds. The summed E-state index contributed by atoms with van der Waals surface area (Å²) < 4.78 is 49.7. The lowest BCUT2D eigenvalue weighted by Crippen LogP contribution is -2.42. The van der Waals surface area contributed by atoms with Crippen LogP contribution in [0.3, 0.4) is 0 Å². The van der Waals surface area contributed by atoms with Gasteiger partial charge in [0.25, 0.3) is 5.56 Å². The number of methoxy groups -OCH3 is 1.